The van der Waals surface area contributed by atoms with Crippen LogP contribution in [0.2, 0.25) is 0 Å². The molecular weight excluding hydrogens is 240 g/mol. The average Bonchev–Trinajstić information content (AvgIpc) is 2.45. The molecular formula is C13H24N6. The summed E-state index contributed by atoms with van der Waals surface area (Å²) in [5, 5.41) is 2.98. The van der Waals surface area contributed by atoms with Gasteiger partial charge in [-0.15, -0.1) is 0 Å². The number of rotatable bonds is 5. The normalized spacial score (nSPS) is 16.9. The standard InChI is InChI=1S/C13H24N6/c1-14-13-15-5-4-12(16-13)19-10-8-18(9-11-19)7-6-17(2)3/h4-5H,6-11H2,1-3H3,(H,14,15,16). The van der Waals surface area contributed by atoms with Gasteiger partial charge in [0.05, 0.1) is 0 Å². The fourth-order valence-electron chi connectivity index (χ4n) is 2.19. The number of nitrogens with zero attached hydrogens (tertiary/aromatic N) is 5. The van der Waals surface area contributed by atoms with Crippen LogP contribution in [0.4, 0.5) is 11.8 Å². The Morgan fingerprint density at radius 2 is 2.00 bits per heavy atom. The zero-order valence-corrected chi connectivity index (χ0v) is 12.1. The van der Waals surface area contributed by atoms with Crippen molar-refractivity contribution in [3.8, 4) is 0 Å². The van der Waals surface area contributed by atoms with Crippen molar-refractivity contribution in [1.82, 2.24) is 19.8 Å². The molecule has 0 aromatic carbocycles. The van der Waals surface area contributed by atoms with Gasteiger partial charge in [0.2, 0.25) is 5.95 Å². The maximum atomic E-state index is 4.49. The van der Waals surface area contributed by atoms with Crippen molar-refractivity contribution in [2.45, 2.75) is 0 Å². The van der Waals surface area contributed by atoms with Gasteiger partial charge in [-0.05, 0) is 20.2 Å². The van der Waals surface area contributed by atoms with Crippen LogP contribution in [0.15, 0.2) is 12.3 Å². The van der Waals surface area contributed by atoms with E-state index >= 15 is 0 Å². The summed E-state index contributed by atoms with van der Waals surface area (Å²) in [7, 11) is 6.09. The van der Waals surface area contributed by atoms with E-state index in [2.05, 4.69) is 44.1 Å². The highest BCUT2D eigenvalue weighted by Gasteiger charge is 2.18. The van der Waals surface area contributed by atoms with Crippen molar-refractivity contribution in [3.05, 3.63) is 12.3 Å². The lowest BCUT2D eigenvalue weighted by Crippen LogP contribution is -2.48. The van der Waals surface area contributed by atoms with Crippen molar-refractivity contribution in [2.75, 3.05) is 70.6 Å². The molecule has 0 saturated carbocycles. The van der Waals surface area contributed by atoms with Crippen LogP contribution in [0, 0.1) is 0 Å². The highest BCUT2D eigenvalue weighted by Crippen LogP contribution is 2.14. The summed E-state index contributed by atoms with van der Waals surface area (Å²) in [6, 6.07) is 1.98. The molecule has 0 bridgehead atoms. The molecule has 1 N–H and O–H groups in total. The first-order valence-electron chi connectivity index (χ1n) is 6.82. The van der Waals surface area contributed by atoms with E-state index in [9.17, 15) is 0 Å². The van der Waals surface area contributed by atoms with E-state index in [0.29, 0.717) is 5.95 Å². The van der Waals surface area contributed by atoms with E-state index in [1.807, 2.05) is 19.3 Å². The second-order valence-electron chi connectivity index (χ2n) is 5.12. The second-order valence-corrected chi connectivity index (χ2v) is 5.12. The van der Waals surface area contributed by atoms with E-state index in [1.165, 1.54) is 0 Å². The first kappa shape index (κ1) is 14.0. The highest BCUT2D eigenvalue weighted by molar-refractivity contribution is 5.42. The van der Waals surface area contributed by atoms with Gasteiger partial charge in [-0.3, -0.25) is 4.90 Å². The first-order valence-corrected chi connectivity index (χ1v) is 6.82. The smallest absolute Gasteiger partial charge is 0.224 e. The molecule has 1 aliphatic rings. The van der Waals surface area contributed by atoms with Gasteiger partial charge in [0.1, 0.15) is 5.82 Å². The molecule has 0 atom stereocenters. The fraction of sp³-hybridized carbons (Fsp3) is 0.692. The van der Waals surface area contributed by atoms with Crippen LogP contribution in [-0.4, -0.2) is 80.2 Å². The van der Waals surface area contributed by atoms with E-state index in [-0.39, 0.29) is 0 Å². The van der Waals surface area contributed by atoms with Crippen LogP contribution >= 0.6 is 0 Å². The van der Waals surface area contributed by atoms with Crippen LogP contribution < -0.4 is 10.2 Å². The Kier molecular flexibility index (Phi) is 4.93. The molecule has 6 nitrogen and oxygen atoms in total. The van der Waals surface area contributed by atoms with E-state index in [4.69, 9.17) is 0 Å². The van der Waals surface area contributed by atoms with E-state index < -0.39 is 0 Å². The number of piperazine rings is 1. The Hall–Kier alpha value is -1.40. The molecule has 0 unspecified atom stereocenters. The molecule has 1 aromatic rings. The molecule has 1 saturated heterocycles. The molecule has 6 heteroatoms. The lowest BCUT2D eigenvalue weighted by molar-refractivity contribution is 0.229. The van der Waals surface area contributed by atoms with Gasteiger partial charge in [-0.2, -0.15) is 4.98 Å². The quantitative estimate of drug-likeness (QED) is 0.820. The van der Waals surface area contributed by atoms with E-state index in [1.54, 1.807) is 0 Å². The minimum absolute atomic E-state index is 0.688. The summed E-state index contributed by atoms with van der Waals surface area (Å²) in [4.78, 5) is 15.7. The highest BCUT2D eigenvalue weighted by atomic mass is 15.3. The molecule has 2 rings (SSSR count). The summed E-state index contributed by atoms with van der Waals surface area (Å²) in [6.45, 7) is 6.55. The third kappa shape index (κ3) is 4.04. The first-order chi connectivity index (χ1) is 9.19. The van der Waals surface area contributed by atoms with Gasteiger partial charge in [0, 0.05) is 52.5 Å². The Morgan fingerprint density at radius 3 is 2.63 bits per heavy atom. The van der Waals surface area contributed by atoms with Crippen LogP contribution in [-0.2, 0) is 0 Å². The number of aromatic nitrogens is 2. The Bertz CT molecular complexity index is 386. The fourth-order valence-corrected chi connectivity index (χ4v) is 2.19. The lowest BCUT2D eigenvalue weighted by atomic mass is 10.3. The van der Waals surface area contributed by atoms with Crippen molar-refractivity contribution < 1.29 is 0 Å². The SMILES string of the molecule is CNc1nccc(N2CCN(CCN(C)C)CC2)n1. The van der Waals surface area contributed by atoms with Gasteiger partial charge >= 0.3 is 0 Å². The van der Waals surface area contributed by atoms with Crippen LogP contribution in [0.3, 0.4) is 0 Å². The maximum Gasteiger partial charge on any atom is 0.224 e. The predicted molar refractivity (Wildman–Crippen MR) is 78.8 cm³/mol. The summed E-state index contributed by atoms with van der Waals surface area (Å²) >= 11 is 0. The van der Waals surface area contributed by atoms with Crippen LogP contribution in [0.1, 0.15) is 0 Å². The monoisotopic (exact) mass is 264 g/mol. The van der Waals surface area contributed by atoms with Crippen molar-refractivity contribution in [2.24, 2.45) is 0 Å². The summed E-state index contributed by atoms with van der Waals surface area (Å²) in [6.07, 6.45) is 1.81. The van der Waals surface area contributed by atoms with Crippen LogP contribution in [0.25, 0.3) is 0 Å². The third-order valence-corrected chi connectivity index (χ3v) is 3.42. The molecule has 0 spiro atoms. The largest absolute Gasteiger partial charge is 0.357 e. The van der Waals surface area contributed by atoms with Gasteiger partial charge in [-0.25, -0.2) is 4.98 Å². The molecule has 1 fully saturated rings. The molecule has 19 heavy (non-hydrogen) atoms. The number of hydrogen-bond donors (Lipinski definition) is 1. The zero-order valence-electron chi connectivity index (χ0n) is 12.1. The van der Waals surface area contributed by atoms with Gasteiger partial charge in [-0.1, -0.05) is 0 Å². The summed E-state index contributed by atoms with van der Waals surface area (Å²) in [5.74, 6) is 1.71. The minimum Gasteiger partial charge on any atom is -0.357 e. The van der Waals surface area contributed by atoms with Crippen LogP contribution in [0.5, 0.6) is 0 Å². The zero-order chi connectivity index (χ0) is 13.7. The van der Waals surface area contributed by atoms with Gasteiger partial charge < -0.3 is 15.1 Å². The summed E-state index contributed by atoms with van der Waals surface area (Å²) < 4.78 is 0. The molecule has 1 aromatic heterocycles. The second kappa shape index (κ2) is 6.68. The van der Waals surface area contributed by atoms with Gasteiger partial charge in [0.25, 0.3) is 0 Å². The predicted octanol–water partition coefficient (Wildman–Crippen LogP) is 0.202. The topological polar surface area (TPSA) is 47.5 Å². The Labute approximate surface area is 115 Å². The molecule has 0 radical (unpaired) electrons. The van der Waals surface area contributed by atoms with Crippen molar-refractivity contribution in [1.29, 1.82) is 0 Å². The molecule has 0 aliphatic carbocycles. The maximum absolute atomic E-state index is 4.49. The lowest BCUT2D eigenvalue weighted by Gasteiger charge is -2.35. The van der Waals surface area contributed by atoms with Crippen molar-refractivity contribution >= 4 is 11.8 Å². The van der Waals surface area contributed by atoms with Gasteiger partial charge in [0.15, 0.2) is 0 Å². The van der Waals surface area contributed by atoms with Crippen molar-refractivity contribution in [3.63, 3.8) is 0 Å². The Balaban J connectivity index is 1.85. The number of nitrogens with one attached hydrogen (secondary N) is 1. The minimum atomic E-state index is 0.688. The molecule has 106 valence electrons. The molecule has 0 amide bonds. The number of likely N-dealkylation sites (N-methyl/N-ethyl adjacent to an activating group) is 1. The van der Waals surface area contributed by atoms with E-state index in [0.717, 1.165) is 45.1 Å². The molecule has 1 aliphatic heterocycles. The third-order valence-electron chi connectivity index (χ3n) is 3.42. The number of hydrogen-bond acceptors (Lipinski definition) is 6. The number of anilines is 2. The summed E-state index contributed by atoms with van der Waals surface area (Å²) in [5.41, 5.74) is 0. The average molecular weight is 264 g/mol. The Morgan fingerprint density at radius 1 is 1.26 bits per heavy atom. The molecule has 2 heterocycles.